The summed E-state index contributed by atoms with van der Waals surface area (Å²) in [5, 5.41) is 14.0. The number of halogens is 2. The van der Waals surface area contributed by atoms with Crippen LogP contribution >= 0.6 is 0 Å². The Labute approximate surface area is 119 Å². The summed E-state index contributed by atoms with van der Waals surface area (Å²) in [4.78, 5) is 21.5. The minimum atomic E-state index is -3.05. The van der Waals surface area contributed by atoms with Gasteiger partial charge in [-0.15, -0.1) is 0 Å². The maximum absolute atomic E-state index is 12.6. The standard InChI is InChI=1S/C12H15F2N3O4/c13-11(14)10-9(17(19)20)6-16(15-10)7-21-12(18)8-4-2-1-3-5-8/h6,8,11H,1-5,7H2. The van der Waals surface area contributed by atoms with Crippen molar-refractivity contribution in [3.63, 3.8) is 0 Å². The molecule has 1 aromatic rings. The lowest BCUT2D eigenvalue weighted by Gasteiger charge is -2.19. The first-order valence-corrected chi connectivity index (χ1v) is 6.65. The molecule has 0 radical (unpaired) electrons. The highest BCUT2D eigenvalue weighted by molar-refractivity contribution is 5.72. The van der Waals surface area contributed by atoms with Crippen LogP contribution < -0.4 is 0 Å². The number of carbonyl (C=O) groups excluding carboxylic acids is 1. The van der Waals surface area contributed by atoms with Gasteiger partial charge >= 0.3 is 11.7 Å². The molecule has 21 heavy (non-hydrogen) atoms. The molecule has 1 saturated carbocycles. The number of rotatable bonds is 5. The first kappa shape index (κ1) is 15.3. The SMILES string of the molecule is O=C(OCn1cc([N+](=O)[O-])c(C(F)F)n1)C1CCCCC1. The Bertz CT molecular complexity index is 527. The Balaban J connectivity index is 1.98. The lowest BCUT2D eigenvalue weighted by atomic mass is 9.89. The van der Waals surface area contributed by atoms with E-state index in [2.05, 4.69) is 5.10 Å². The van der Waals surface area contributed by atoms with Gasteiger partial charge in [0, 0.05) is 0 Å². The molecule has 0 amide bonds. The van der Waals surface area contributed by atoms with E-state index in [-0.39, 0.29) is 5.92 Å². The molecule has 7 nitrogen and oxygen atoms in total. The van der Waals surface area contributed by atoms with Crippen LogP contribution in [-0.4, -0.2) is 20.7 Å². The van der Waals surface area contributed by atoms with Gasteiger partial charge < -0.3 is 4.74 Å². The number of nitrogens with zero attached hydrogens (tertiary/aromatic N) is 3. The van der Waals surface area contributed by atoms with Gasteiger partial charge in [0.25, 0.3) is 6.43 Å². The summed E-state index contributed by atoms with van der Waals surface area (Å²) in [6, 6.07) is 0. The van der Waals surface area contributed by atoms with Crippen LogP contribution in [0.15, 0.2) is 6.20 Å². The zero-order valence-corrected chi connectivity index (χ0v) is 11.2. The fourth-order valence-corrected chi connectivity index (χ4v) is 2.37. The molecule has 9 heteroatoms. The number of hydrogen-bond donors (Lipinski definition) is 0. The van der Waals surface area contributed by atoms with Gasteiger partial charge in [-0.3, -0.25) is 14.9 Å². The topological polar surface area (TPSA) is 87.3 Å². The molecular weight excluding hydrogens is 288 g/mol. The molecule has 1 aliphatic carbocycles. The Kier molecular flexibility index (Phi) is 4.81. The second-order valence-electron chi connectivity index (χ2n) is 4.92. The highest BCUT2D eigenvalue weighted by Crippen LogP contribution is 2.27. The number of ether oxygens (including phenoxy) is 1. The van der Waals surface area contributed by atoms with E-state index >= 15 is 0 Å². The molecule has 1 fully saturated rings. The van der Waals surface area contributed by atoms with E-state index in [9.17, 15) is 23.7 Å². The summed E-state index contributed by atoms with van der Waals surface area (Å²) in [7, 11) is 0. The summed E-state index contributed by atoms with van der Waals surface area (Å²) in [5.74, 6) is -0.592. The van der Waals surface area contributed by atoms with Gasteiger partial charge in [0.15, 0.2) is 6.73 Å². The third kappa shape index (κ3) is 3.73. The Morgan fingerprint density at radius 3 is 2.67 bits per heavy atom. The maximum Gasteiger partial charge on any atom is 0.316 e. The smallest absolute Gasteiger partial charge is 0.316 e. The van der Waals surface area contributed by atoms with Gasteiger partial charge in [0.05, 0.1) is 10.8 Å². The fourth-order valence-electron chi connectivity index (χ4n) is 2.37. The monoisotopic (exact) mass is 303 g/mol. The average Bonchev–Trinajstić information content (AvgIpc) is 2.90. The van der Waals surface area contributed by atoms with E-state index in [1.165, 1.54) is 0 Å². The third-order valence-electron chi connectivity index (χ3n) is 3.45. The van der Waals surface area contributed by atoms with Crippen molar-refractivity contribution >= 4 is 11.7 Å². The van der Waals surface area contributed by atoms with Crippen LogP contribution in [-0.2, 0) is 16.3 Å². The summed E-state index contributed by atoms with van der Waals surface area (Å²) >= 11 is 0. The van der Waals surface area contributed by atoms with Crippen molar-refractivity contribution in [1.29, 1.82) is 0 Å². The first-order valence-electron chi connectivity index (χ1n) is 6.65. The summed E-state index contributed by atoms with van der Waals surface area (Å²) in [5.41, 5.74) is -1.70. The number of alkyl halides is 2. The van der Waals surface area contributed by atoms with Gasteiger partial charge in [-0.1, -0.05) is 19.3 Å². The lowest BCUT2D eigenvalue weighted by molar-refractivity contribution is -0.386. The molecule has 0 bridgehead atoms. The number of aromatic nitrogens is 2. The normalized spacial score (nSPS) is 16.1. The quantitative estimate of drug-likeness (QED) is 0.474. The number of hydrogen-bond acceptors (Lipinski definition) is 5. The minimum absolute atomic E-state index is 0.182. The molecule has 2 rings (SSSR count). The van der Waals surface area contributed by atoms with Crippen molar-refractivity contribution in [2.24, 2.45) is 5.92 Å². The number of carbonyl (C=O) groups is 1. The molecule has 0 saturated heterocycles. The fraction of sp³-hybridized carbons (Fsp3) is 0.667. The Morgan fingerprint density at radius 2 is 2.14 bits per heavy atom. The second-order valence-corrected chi connectivity index (χ2v) is 4.92. The van der Waals surface area contributed by atoms with Crippen molar-refractivity contribution in [1.82, 2.24) is 9.78 Å². The number of nitro groups is 1. The molecule has 0 aromatic carbocycles. The zero-order chi connectivity index (χ0) is 15.4. The van der Waals surface area contributed by atoms with Gasteiger partial charge in [-0.2, -0.15) is 5.10 Å². The molecule has 0 spiro atoms. The molecule has 0 N–H and O–H groups in total. The van der Waals surface area contributed by atoms with Gasteiger partial charge in [-0.25, -0.2) is 13.5 Å². The summed E-state index contributed by atoms with van der Waals surface area (Å²) in [6.07, 6.45) is 2.30. The largest absolute Gasteiger partial charge is 0.442 e. The molecule has 1 heterocycles. The predicted octanol–water partition coefficient (Wildman–Crippen LogP) is 2.81. The van der Waals surface area contributed by atoms with Crippen molar-refractivity contribution in [3.05, 3.63) is 22.0 Å². The Hall–Kier alpha value is -2.06. The van der Waals surface area contributed by atoms with Crippen molar-refractivity contribution in [2.45, 2.75) is 45.3 Å². The van der Waals surface area contributed by atoms with Crippen LogP contribution in [0.2, 0.25) is 0 Å². The predicted molar refractivity (Wildman–Crippen MR) is 66.5 cm³/mol. The highest BCUT2D eigenvalue weighted by Gasteiger charge is 2.27. The molecule has 1 aromatic heterocycles. The van der Waals surface area contributed by atoms with Gasteiger partial charge in [-0.05, 0) is 12.8 Å². The second kappa shape index (κ2) is 6.59. The lowest BCUT2D eigenvalue weighted by Crippen LogP contribution is -2.21. The van der Waals surface area contributed by atoms with E-state index < -0.39 is 35.4 Å². The van der Waals surface area contributed by atoms with Crippen LogP contribution in [0.25, 0.3) is 0 Å². The average molecular weight is 303 g/mol. The van der Waals surface area contributed by atoms with E-state index in [1.807, 2.05) is 0 Å². The molecule has 0 unspecified atom stereocenters. The number of esters is 1. The summed E-state index contributed by atoms with van der Waals surface area (Å²) in [6.45, 7) is -0.400. The van der Waals surface area contributed by atoms with E-state index in [0.29, 0.717) is 0 Å². The van der Waals surface area contributed by atoms with Gasteiger partial charge in [0.2, 0.25) is 5.69 Å². The van der Waals surface area contributed by atoms with Crippen LogP contribution in [0.1, 0.15) is 44.2 Å². The van der Waals surface area contributed by atoms with Gasteiger partial charge in [0.1, 0.15) is 6.20 Å². The third-order valence-corrected chi connectivity index (χ3v) is 3.45. The Morgan fingerprint density at radius 1 is 1.48 bits per heavy atom. The molecule has 116 valence electrons. The molecular formula is C12H15F2N3O4. The molecule has 0 aliphatic heterocycles. The first-order chi connectivity index (χ1) is 9.99. The van der Waals surface area contributed by atoms with E-state index in [0.717, 1.165) is 43.0 Å². The highest BCUT2D eigenvalue weighted by atomic mass is 19.3. The van der Waals surface area contributed by atoms with Crippen LogP contribution in [0.5, 0.6) is 0 Å². The van der Waals surface area contributed by atoms with Crippen LogP contribution in [0, 0.1) is 16.0 Å². The van der Waals surface area contributed by atoms with Crippen LogP contribution in [0.3, 0.4) is 0 Å². The van der Waals surface area contributed by atoms with Crippen molar-refractivity contribution in [2.75, 3.05) is 0 Å². The van der Waals surface area contributed by atoms with E-state index in [4.69, 9.17) is 4.74 Å². The summed E-state index contributed by atoms with van der Waals surface area (Å²) < 4.78 is 31.0. The zero-order valence-electron chi connectivity index (χ0n) is 11.2. The molecule has 1 aliphatic rings. The van der Waals surface area contributed by atoms with Crippen molar-refractivity contribution in [3.8, 4) is 0 Å². The van der Waals surface area contributed by atoms with E-state index in [1.54, 1.807) is 0 Å². The van der Waals surface area contributed by atoms with Crippen LogP contribution in [0.4, 0.5) is 14.5 Å². The van der Waals surface area contributed by atoms with Crippen molar-refractivity contribution < 1.29 is 23.2 Å². The maximum atomic E-state index is 12.6. The minimum Gasteiger partial charge on any atom is -0.442 e. The molecule has 0 atom stereocenters.